The van der Waals surface area contributed by atoms with Gasteiger partial charge in [0.25, 0.3) is 0 Å². The number of hydrogen-bond donors (Lipinski definition) is 2. The van der Waals surface area contributed by atoms with Crippen molar-refractivity contribution in [1.82, 2.24) is 25.2 Å². The second-order valence-electron chi connectivity index (χ2n) is 6.33. The molecule has 0 aliphatic carbocycles. The predicted octanol–water partition coefficient (Wildman–Crippen LogP) is 2.12. The number of guanidine groups is 1. The molecule has 0 aromatic carbocycles. The van der Waals surface area contributed by atoms with E-state index >= 15 is 0 Å². The summed E-state index contributed by atoms with van der Waals surface area (Å²) in [6, 6.07) is 10.6. The molecule has 26 heavy (non-hydrogen) atoms. The van der Waals surface area contributed by atoms with Gasteiger partial charge in [0.15, 0.2) is 17.4 Å². The van der Waals surface area contributed by atoms with Crippen LogP contribution >= 0.6 is 11.3 Å². The standard InChI is InChI=1S/C18H23N7S/c1-19-18(20-13-16-23-22-15-5-2-3-9-25(15)16)21-14-7-10-24(11-8-14)17-6-4-12-26-17/h2-6,9,12,14H,7-8,10-11,13H2,1H3,(H2,19,20,21). The molecule has 7 nitrogen and oxygen atoms in total. The molecule has 1 aliphatic rings. The quantitative estimate of drug-likeness (QED) is 0.545. The summed E-state index contributed by atoms with van der Waals surface area (Å²) in [5.41, 5.74) is 0.855. The molecule has 0 bridgehead atoms. The van der Waals surface area contributed by atoms with Crippen molar-refractivity contribution in [2.75, 3.05) is 25.0 Å². The minimum Gasteiger partial charge on any atom is -0.363 e. The van der Waals surface area contributed by atoms with E-state index in [9.17, 15) is 0 Å². The maximum Gasteiger partial charge on any atom is 0.191 e. The first-order valence-corrected chi connectivity index (χ1v) is 9.76. The van der Waals surface area contributed by atoms with Crippen LogP contribution in [0.3, 0.4) is 0 Å². The Morgan fingerprint density at radius 2 is 2.12 bits per heavy atom. The second-order valence-corrected chi connectivity index (χ2v) is 7.25. The lowest BCUT2D eigenvalue weighted by Gasteiger charge is -2.33. The summed E-state index contributed by atoms with van der Waals surface area (Å²) in [5.74, 6) is 1.68. The monoisotopic (exact) mass is 369 g/mol. The van der Waals surface area contributed by atoms with E-state index in [1.54, 1.807) is 7.05 Å². The number of piperidine rings is 1. The SMILES string of the molecule is CN=C(NCc1nnc2ccccn12)NC1CCN(c2cccs2)CC1. The second kappa shape index (κ2) is 7.74. The first-order chi connectivity index (χ1) is 12.8. The van der Waals surface area contributed by atoms with Gasteiger partial charge in [-0.25, -0.2) is 0 Å². The number of nitrogens with zero attached hydrogens (tertiary/aromatic N) is 5. The zero-order valence-electron chi connectivity index (χ0n) is 14.8. The smallest absolute Gasteiger partial charge is 0.191 e. The molecule has 136 valence electrons. The van der Waals surface area contributed by atoms with E-state index in [-0.39, 0.29) is 0 Å². The van der Waals surface area contributed by atoms with Crippen LogP contribution in [-0.2, 0) is 6.54 Å². The number of hydrogen-bond acceptors (Lipinski definition) is 5. The van der Waals surface area contributed by atoms with Crippen molar-refractivity contribution in [2.45, 2.75) is 25.4 Å². The fourth-order valence-corrected chi connectivity index (χ4v) is 4.04. The van der Waals surface area contributed by atoms with Crippen LogP contribution in [0.2, 0.25) is 0 Å². The summed E-state index contributed by atoms with van der Waals surface area (Å²) in [4.78, 5) is 6.82. The van der Waals surface area contributed by atoms with Crippen molar-refractivity contribution < 1.29 is 0 Å². The molecule has 3 aromatic heterocycles. The van der Waals surface area contributed by atoms with Crippen LogP contribution in [0.1, 0.15) is 18.7 Å². The number of aromatic nitrogens is 3. The average molecular weight is 369 g/mol. The normalized spacial score (nSPS) is 16.2. The van der Waals surface area contributed by atoms with Crippen molar-refractivity contribution in [3.63, 3.8) is 0 Å². The Balaban J connectivity index is 1.30. The third-order valence-corrected chi connectivity index (χ3v) is 5.60. The van der Waals surface area contributed by atoms with E-state index in [2.05, 4.69) is 48.2 Å². The fourth-order valence-electron chi connectivity index (χ4n) is 3.26. The molecular formula is C18H23N7S. The molecular weight excluding hydrogens is 346 g/mol. The Kier molecular flexibility index (Phi) is 5.01. The molecule has 4 rings (SSSR count). The highest BCUT2D eigenvalue weighted by atomic mass is 32.1. The summed E-state index contributed by atoms with van der Waals surface area (Å²) in [5, 5.41) is 18.8. The van der Waals surface area contributed by atoms with E-state index < -0.39 is 0 Å². The van der Waals surface area contributed by atoms with Gasteiger partial charge >= 0.3 is 0 Å². The van der Waals surface area contributed by atoms with Gasteiger partial charge in [0, 0.05) is 32.4 Å². The third-order valence-electron chi connectivity index (χ3n) is 4.68. The number of anilines is 1. The highest BCUT2D eigenvalue weighted by Crippen LogP contribution is 2.24. The molecule has 0 saturated carbocycles. The topological polar surface area (TPSA) is 69.8 Å². The van der Waals surface area contributed by atoms with Gasteiger partial charge in [0.2, 0.25) is 0 Å². The molecule has 2 N–H and O–H groups in total. The summed E-state index contributed by atoms with van der Waals surface area (Å²) in [7, 11) is 1.80. The van der Waals surface area contributed by atoms with E-state index in [1.165, 1.54) is 5.00 Å². The van der Waals surface area contributed by atoms with Gasteiger partial charge in [-0.1, -0.05) is 6.07 Å². The van der Waals surface area contributed by atoms with Crippen LogP contribution in [0.15, 0.2) is 46.9 Å². The summed E-state index contributed by atoms with van der Waals surface area (Å²) < 4.78 is 1.99. The molecule has 8 heteroatoms. The largest absolute Gasteiger partial charge is 0.363 e. The van der Waals surface area contributed by atoms with Gasteiger partial charge in [-0.2, -0.15) is 0 Å². The molecule has 3 aromatic rings. The van der Waals surface area contributed by atoms with Crippen LogP contribution in [0.5, 0.6) is 0 Å². The van der Waals surface area contributed by atoms with E-state index in [4.69, 9.17) is 0 Å². The Labute approximate surface area is 156 Å². The number of aliphatic imine (C=N–C) groups is 1. The minimum atomic E-state index is 0.438. The van der Waals surface area contributed by atoms with E-state index in [1.807, 2.05) is 40.1 Å². The van der Waals surface area contributed by atoms with Crippen LogP contribution in [-0.4, -0.2) is 46.7 Å². The van der Waals surface area contributed by atoms with Crippen molar-refractivity contribution in [1.29, 1.82) is 0 Å². The zero-order valence-corrected chi connectivity index (χ0v) is 15.6. The lowest BCUT2D eigenvalue weighted by atomic mass is 10.1. The van der Waals surface area contributed by atoms with Gasteiger partial charge in [-0.15, -0.1) is 21.5 Å². The van der Waals surface area contributed by atoms with Gasteiger partial charge in [-0.05, 0) is 42.5 Å². The number of rotatable bonds is 4. The van der Waals surface area contributed by atoms with Crippen LogP contribution < -0.4 is 15.5 Å². The first-order valence-electron chi connectivity index (χ1n) is 8.88. The Morgan fingerprint density at radius 3 is 2.88 bits per heavy atom. The maximum absolute atomic E-state index is 4.36. The highest BCUT2D eigenvalue weighted by molar-refractivity contribution is 7.14. The maximum atomic E-state index is 4.36. The van der Waals surface area contributed by atoms with Crippen LogP contribution in [0, 0.1) is 0 Å². The lowest BCUT2D eigenvalue weighted by Crippen LogP contribution is -2.48. The van der Waals surface area contributed by atoms with Gasteiger partial charge in [0.1, 0.15) is 0 Å². The van der Waals surface area contributed by atoms with E-state index in [0.717, 1.165) is 43.4 Å². The minimum absolute atomic E-state index is 0.438. The fraction of sp³-hybridized carbons (Fsp3) is 0.389. The average Bonchev–Trinajstić information content (AvgIpc) is 3.36. The molecule has 1 fully saturated rings. The summed E-state index contributed by atoms with van der Waals surface area (Å²) >= 11 is 1.81. The Morgan fingerprint density at radius 1 is 1.23 bits per heavy atom. The molecule has 0 radical (unpaired) electrons. The molecule has 1 aliphatic heterocycles. The van der Waals surface area contributed by atoms with Crippen molar-refractivity contribution in [3.05, 3.63) is 47.7 Å². The number of pyridine rings is 1. The summed E-state index contributed by atoms with van der Waals surface area (Å²) in [6.45, 7) is 2.73. The lowest BCUT2D eigenvalue weighted by molar-refractivity contribution is 0.462. The summed E-state index contributed by atoms with van der Waals surface area (Å²) in [6.07, 6.45) is 4.18. The van der Waals surface area contributed by atoms with Crippen molar-refractivity contribution in [2.24, 2.45) is 4.99 Å². The van der Waals surface area contributed by atoms with Crippen LogP contribution in [0.4, 0.5) is 5.00 Å². The molecule has 0 unspecified atom stereocenters. The third kappa shape index (κ3) is 3.65. The van der Waals surface area contributed by atoms with Crippen LogP contribution in [0.25, 0.3) is 5.65 Å². The van der Waals surface area contributed by atoms with Gasteiger partial charge in [-0.3, -0.25) is 9.39 Å². The van der Waals surface area contributed by atoms with Crippen molar-refractivity contribution in [3.8, 4) is 0 Å². The molecule has 0 spiro atoms. The molecule has 0 atom stereocenters. The molecule has 1 saturated heterocycles. The van der Waals surface area contributed by atoms with Gasteiger partial charge in [0.05, 0.1) is 11.5 Å². The Bertz CT molecular complexity index is 863. The molecule has 4 heterocycles. The number of thiophene rings is 1. The zero-order chi connectivity index (χ0) is 17.8. The van der Waals surface area contributed by atoms with Gasteiger partial charge < -0.3 is 15.5 Å². The highest BCUT2D eigenvalue weighted by Gasteiger charge is 2.20. The first kappa shape index (κ1) is 16.8. The Hall–Kier alpha value is -2.61. The van der Waals surface area contributed by atoms with Crippen molar-refractivity contribution >= 4 is 27.9 Å². The number of nitrogens with one attached hydrogen (secondary N) is 2. The molecule has 0 amide bonds. The number of fused-ring (bicyclic) bond motifs is 1. The van der Waals surface area contributed by atoms with E-state index in [0.29, 0.717) is 12.6 Å². The predicted molar refractivity (Wildman–Crippen MR) is 106 cm³/mol.